The van der Waals surface area contributed by atoms with Gasteiger partial charge in [-0.25, -0.2) is 4.39 Å². The predicted molar refractivity (Wildman–Crippen MR) is 75.4 cm³/mol. The van der Waals surface area contributed by atoms with E-state index in [1.807, 2.05) is 12.1 Å². The van der Waals surface area contributed by atoms with Crippen LogP contribution >= 0.6 is 0 Å². The van der Waals surface area contributed by atoms with Gasteiger partial charge < -0.3 is 0 Å². The van der Waals surface area contributed by atoms with E-state index in [1.54, 1.807) is 25.3 Å². The lowest BCUT2D eigenvalue weighted by molar-refractivity contribution is 0.0948. The number of ketones is 1. The number of pyridine rings is 1. The van der Waals surface area contributed by atoms with E-state index >= 15 is 0 Å². The number of halogens is 1. The second-order valence-electron chi connectivity index (χ2n) is 5.32. The van der Waals surface area contributed by atoms with Crippen molar-refractivity contribution < 1.29 is 9.18 Å². The molecule has 1 aliphatic rings. The Labute approximate surface area is 117 Å². The third-order valence-electron chi connectivity index (χ3n) is 3.97. The minimum Gasteiger partial charge on any atom is -0.293 e. The molecular weight excluding hydrogens is 253 g/mol. The highest BCUT2D eigenvalue weighted by molar-refractivity contribution is 6.01. The second kappa shape index (κ2) is 5.16. The Bertz CT molecular complexity index is 666. The van der Waals surface area contributed by atoms with E-state index in [4.69, 9.17) is 0 Å². The molecule has 1 atom stereocenters. The quantitative estimate of drug-likeness (QED) is 0.775. The van der Waals surface area contributed by atoms with Gasteiger partial charge in [0.1, 0.15) is 5.82 Å². The molecule has 1 aromatic carbocycles. The molecule has 2 nitrogen and oxygen atoms in total. The topological polar surface area (TPSA) is 30.0 Å². The van der Waals surface area contributed by atoms with Crippen LogP contribution in [0.15, 0.2) is 36.5 Å². The fraction of sp³-hybridized carbons (Fsp3) is 0.294. The second-order valence-corrected chi connectivity index (χ2v) is 5.32. The average Bonchev–Trinajstić information content (AvgIpc) is 2.49. The Morgan fingerprint density at radius 1 is 1.35 bits per heavy atom. The van der Waals surface area contributed by atoms with Gasteiger partial charge in [0.15, 0.2) is 5.78 Å². The van der Waals surface area contributed by atoms with Crippen LogP contribution < -0.4 is 0 Å². The summed E-state index contributed by atoms with van der Waals surface area (Å²) < 4.78 is 13.6. The van der Waals surface area contributed by atoms with Gasteiger partial charge in [-0.2, -0.15) is 0 Å². The molecule has 0 spiro atoms. The summed E-state index contributed by atoms with van der Waals surface area (Å²) in [5.41, 5.74) is 3.01. The molecule has 1 heterocycles. The van der Waals surface area contributed by atoms with Crippen molar-refractivity contribution >= 4 is 5.78 Å². The molecule has 1 aromatic heterocycles. The molecule has 0 bridgehead atoms. The number of hydrogen-bond donors (Lipinski definition) is 0. The van der Waals surface area contributed by atoms with Crippen molar-refractivity contribution in [2.75, 3.05) is 0 Å². The SMILES string of the molecule is Cc1ccc(C(=O)C2CCCc3cccnc32)cc1F. The molecule has 1 aliphatic carbocycles. The van der Waals surface area contributed by atoms with E-state index in [1.165, 1.54) is 6.07 Å². The lowest BCUT2D eigenvalue weighted by Gasteiger charge is -2.23. The Morgan fingerprint density at radius 3 is 3.00 bits per heavy atom. The van der Waals surface area contributed by atoms with Crippen molar-refractivity contribution in [3.63, 3.8) is 0 Å². The molecular formula is C17H16FNO. The van der Waals surface area contributed by atoms with E-state index in [0.29, 0.717) is 11.1 Å². The number of hydrogen-bond acceptors (Lipinski definition) is 2. The number of nitrogens with zero attached hydrogens (tertiary/aromatic N) is 1. The summed E-state index contributed by atoms with van der Waals surface area (Å²) in [6.07, 6.45) is 4.46. The van der Waals surface area contributed by atoms with Gasteiger partial charge in [-0.15, -0.1) is 0 Å². The fourth-order valence-electron chi connectivity index (χ4n) is 2.81. The first-order chi connectivity index (χ1) is 9.66. The minimum absolute atomic E-state index is 0.0245. The van der Waals surface area contributed by atoms with Gasteiger partial charge in [0.05, 0.1) is 11.6 Å². The Balaban J connectivity index is 1.97. The molecule has 102 valence electrons. The van der Waals surface area contributed by atoms with Crippen LogP contribution in [-0.4, -0.2) is 10.8 Å². The van der Waals surface area contributed by atoms with Crippen molar-refractivity contribution in [2.24, 2.45) is 0 Å². The third kappa shape index (κ3) is 2.24. The van der Waals surface area contributed by atoms with Crippen LogP contribution in [0.3, 0.4) is 0 Å². The normalized spacial score (nSPS) is 17.6. The highest BCUT2D eigenvalue weighted by Crippen LogP contribution is 2.32. The summed E-state index contributed by atoms with van der Waals surface area (Å²) in [4.78, 5) is 17.0. The molecule has 20 heavy (non-hydrogen) atoms. The molecule has 0 saturated heterocycles. The van der Waals surface area contributed by atoms with E-state index < -0.39 is 0 Å². The standard InChI is InChI=1S/C17H16FNO/c1-11-7-8-13(10-15(11)18)17(20)14-6-2-4-12-5-3-9-19-16(12)14/h3,5,7-10,14H,2,4,6H2,1H3. The number of aromatic nitrogens is 1. The van der Waals surface area contributed by atoms with Crippen LogP contribution in [0.4, 0.5) is 4.39 Å². The zero-order chi connectivity index (χ0) is 14.1. The molecule has 0 fully saturated rings. The van der Waals surface area contributed by atoms with Crippen molar-refractivity contribution in [1.29, 1.82) is 0 Å². The third-order valence-corrected chi connectivity index (χ3v) is 3.97. The van der Waals surface area contributed by atoms with Gasteiger partial charge in [0.2, 0.25) is 0 Å². The van der Waals surface area contributed by atoms with Gasteiger partial charge in [0, 0.05) is 11.8 Å². The number of rotatable bonds is 2. The predicted octanol–water partition coefficient (Wildman–Crippen LogP) is 3.83. The molecule has 0 amide bonds. The number of carbonyl (C=O) groups is 1. The lowest BCUT2D eigenvalue weighted by Crippen LogP contribution is -2.20. The van der Waals surface area contributed by atoms with E-state index in [0.717, 1.165) is 30.5 Å². The molecule has 0 aliphatic heterocycles. The summed E-state index contributed by atoms with van der Waals surface area (Å²) >= 11 is 0. The van der Waals surface area contributed by atoms with Gasteiger partial charge in [-0.05, 0) is 49.4 Å². The zero-order valence-corrected chi connectivity index (χ0v) is 11.4. The smallest absolute Gasteiger partial charge is 0.172 e. The van der Waals surface area contributed by atoms with Crippen LogP contribution in [0.2, 0.25) is 0 Å². The van der Waals surface area contributed by atoms with Gasteiger partial charge in [0.25, 0.3) is 0 Å². The maximum Gasteiger partial charge on any atom is 0.172 e. The molecule has 0 saturated carbocycles. The maximum atomic E-state index is 13.6. The zero-order valence-electron chi connectivity index (χ0n) is 11.4. The fourth-order valence-corrected chi connectivity index (χ4v) is 2.81. The monoisotopic (exact) mass is 269 g/mol. The average molecular weight is 269 g/mol. The first kappa shape index (κ1) is 13.0. The first-order valence-corrected chi connectivity index (χ1v) is 6.91. The lowest BCUT2D eigenvalue weighted by atomic mass is 9.82. The maximum absolute atomic E-state index is 13.6. The number of benzene rings is 1. The number of Topliss-reactive ketones (excluding diaryl/α,β-unsaturated/α-hetero) is 1. The van der Waals surface area contributed by atoms with E-state index in [9.17, 15) is 9.18 Å². The van der Waals surface area contributed by atoms with Crippen LogP contribution in [0, 0.1) is 12.7 Å². The van der Waals surface area contributed by atoms with Crippen molar-refractivity contribution in [2.45, 2.75) is 32.1 Å². The van der Waals surface area contributed by atoms with Gasteiger partial charge >= 0.3 is 0 Å². The van der Waals surface area contributed by atoms with Gasteiger partial charge in [-0.1, -0.05) is 18.2 Å². The van der Waals surface area contributed by atoms with E-state index in [-0.39, 0.29) is 17.5 Å². The number of carbonyl (C=O) groups excluding carboxylic acids is 1. The van der Waals surface area contributed by atoms with Crippen molar-refractivity contribution in [3.8, 4) is 0 Å². The molecule has 3 rings (SSSR count). The van der Waals surface area contributed by atoms with Crippen LogP contribution in [-0.2, 0) is 6.42 Å². The number of aryl methyl sites for hydroxylation is 2. The Morgan fingerprint density at radius 2 is 2.20 bits per heavy atom. The molecule has 1 unspecified atom stereocenters. The summed E-state index contributed by atoms with van der Waals surface area (Å²) in [6.45, 7) is 1.70. The van der Waals surface area contributed by atoms with Crippen LogP contribution in [0.5, 0.6) is 0 Å². The molecule has 0 N–H and O–H groups in total. The molecule has 3 heteroatoms. The summed E-state index contributed by atoms with van der Waals surface area (Å²) in [5, 5.41) is 0. The van der Waals surface area contributed by atoms with Gasteiger partial charge in [-0.3, -0.25) is 9.78 Å². The minimum atomic E-state index is -0.326. The summed E-state index contributed by atoms with van der Waals surface area (Å²) in [7, 11) is 0. The van der Waals surface area contributed by atoms with E-state index in [2.05, 4.69) is 4.98 Å². The Hall–Kier alpha value is -2.03. The highest BCUT2D eigenvalue weighted by Gasteiger charge is 2.28. The van der Waals surface area contributed by atoms with Crippen molar-refractivity contribution in [1.82, 2.24) is 4.98 Å². The molecule has 0 radical (unpaired) electrons. The first-order valence-electron chi connectivity index (χ1n) is 6.91. The van der Waals surface area contributed by atoms with Crippen LogP contribution in [0.25, 0.3) is 0 Å². The van der Waals surface area contributed by atoms with Crippen molar-refractivity contribution in [3.05, 3.63) is 64.7 Å². The summed E-state index contributed by atoms with van der Waals surface area (Å²) in [6, 6.07) is 8.63. The highest BCUT2D eigenvalue weighted by atomic mass is 19.1. The van der Waals surface area contributed by atoms with Crippen LogP contribution in [0.1, 0.15) is 45.9 Å². The molecule has 2 aromatic rings. The Kier molecular flexibility index (Phi) is 3.35. The number of fused-ring (bicyclic) bond motifs is 1. The largest absolute Gasteiger partial charge is 0.293 e. The summed E-state index contributed by atoms with van der Waals surface area (Å²) in [5.74, 6) is -0.585.